The van der Waals surface area contributed by atoms with Crippen molar-refractivity contribution in [3.63, 3.8) is 0 Å². The molecular formula is C18H20N4O. The molecule has 118 valence electrons. The van der Waals surface area contributed by atoms with E-state index in [-0.39, 0.29) is 5.91 Å². The average Bonchev–Trinajstić information content (AvgIpc) is 2.84. The Morgan fingerprint density at radius 2 is 2.13 bits per heavy atom. The van der Waals surface area contributed by atoms with Gasteiger partial charge in [0, 0.05) is 35.8 Å². The minimum atomic E-state index is 0.0329. The molecule has 0 atom stereocenters. The van der Waals surface area contributed by atoms with Crippen molar-refractivity contribution in [3.05, 3.63) is 48.4 Å². The standard InChI is InChI=1S/C18H20N4O/c1-12(2)10-16(23)20-15-7-4-6-14(11-15)17-13(3)22-9-5-8-19-18(22)21-17/h4-9,11-12H,10H2,1-3H3,(H,20,23). The number of anilines is 1. The Morgan fingerprint density at radius 1 is 1.30 bits per heavy atom. The predicted molar refractivity (Wildman–Crippen MR) is 91.2 cm³/mol. The van der Waals surface area contributed by atoms with E-state index < -0.39 is 0 Å². The summed E-state index contributed by atoms with van der Waals surface area (Å²) in [6.45, 7) is 6.08. The van der Waals surface area contributed by atoms with Crippen LogP contribution in [0.3, 0.4) is 0 Å². The van der Waals surface area contributed by atoms with Gasteiger partial charge in [-0.2, -0.15) is 0 Å². The number of hydrogen-bond acceptors (Lipinski definition) is 3. The number of amides is 1. The zero-order valence-electron chi connectivity index (χ0n) is 13.6. The third-order valence-electron chi connectivity index (χ3n) is 3.66. The van der Waals surface area contributed by atoms with Crippen molar-refractivity contribution in [1.29, 1.82) is 0 Å². The Balaban J connectivity index is 1.92. The minimum absolute atomic E-state index is 0.0329. The van der Waals surface area contributed by atoms with Gasteiger partial charge in [0.1, 0.15) is 0 Å². The summed E-state index contributed by atoms with van der Waals surface area (Å²) < 4.78 is 1.96. The SMILES string of the molecule is Cc1c(-c2cccc(NC(=O)CC(C)C)c2)nc2ncccn12. The Hall–Kier alpha value is -2.69. The van der Waals surface area contributed by atoms with Gasteiger partial charge >= 0.3 is 0 Å². The van der Waals surface area contributed by atoms with Crippen molar-refractivity contribution in [3.8, 4) is 11.3 Å². The number of fused-ring (bicyclic) bond motifs is 1. The van der Waals surface area contributed by atoms with E-state index in [0.717, 1.165) is 22.6 Å². The Labute approximate surface area is 135 Å². The second-order valence-electron chi connectivity index (χ2n) is 6.06. The molecule has 0 bridgehead atoms. The number of nitrogens with zero attached hydrogens (tertiary/aromatic N) is 3. The maximum atomic E-state index is 11.9. The first-order chi connectivity index (χ1) is 11.0. The van der Waals surface area contributed by atoms with Gasteiger partial charge < -0.3 is 5.32 Å². The molecule has 1 N–H and O–H groups in total. The Bertz CT molecular complexity index is 851. The highest BCUT2D eigenvalue weighted by Crippen LogP contribution is 2.25. The number of nitrogens with one attached hydrogen (secondary N) is 1. The van der Waals surface area contributed by atoms with Crippen LogP contribution in [0.2, 0.25) is 0 Å². The fourth-order valence-corrected chi connectivity index (χ4v) is 2.60. The number of hydrogen-bond donors (Lipinski definition) is 1. The summed E-state index contributed by atoms with van der Waals surface area (Å²) in [5.74, 6) is 1.05. The molecule has 23 heavy (non-hydrogen) atoms. The van der Waals surface area contributed by atoms with Crippen LogP contribution in [0.5, 0.6) is 0 Å². The molecule has 0 radical (unpaired) electrons. The van der Waals surface area contributed by atoms with E-state index in [4.69, 9.17) is 0 Å². The molecule has 0 aliphatic heterocycles. The first-order valence-electron chi connectivity index (χ1n) is 7.74. The molecule has 0 aliphatic carbocycles. The highest BCUT2D eigenvalue weighted by atomic mass is 16.1. The van der Waals surface area contributed by atoms with Gasteiger partial charge in [0.2, 0.25) is 11.7 Å². The Morgan fingerprint density at radius 3 is 2.87 bits per heavy atom. The van der Waals surface area contributed by atoms with Gasteiger partial charge in [-0.15, -0.1) is 0 Å². The van der Waals surface area contributed by atoms with Crippen LogP contribution in [0, 0.1) is 12.8 Å². The van der Waals surface area contributed by atoms with Crippen LogP contribution in [0.1, 0.15) is 26.0 Å². The molecule has 0 fully saturated rings. The normalized spacial score (nSPS) is 11.1. The maximum absolute atomic E-state index is 11.9. The largest absolute Gasteiger partial charge is 0.326 e. The van der Waals surface area contributed by atoms with E-state index in [0.29, 0.717) is 18.1 Å². The van der Waals surface area contributed by atoms with Crippen LogP contribution in [-0.2, 0) is 4.79 Å². The van der Waals surface area contributed by atoms with Crippen LogP contribution >= 0.6 is 0 Å². The molecule has 2 heterocycles. The van der Waals surface area contributed by atoms with Crippen LogP contribution < -0.4 is 5.32 Å². The summed E-state index contributed by atoms with van der Waals surface area (Å²) >= 11 is 0. The number of carbonyl (C=O) groups is 1. The lowest BCUT2D eigenvalue weighted by Gasteiger charge is -2.08. The number of aromatic nitrogens is 3. The summed E-state index contributed by atoms with van der Waals surface area (Å²) in [6, 6.07) is 9.65. The number of rotatable bonds is 4. The number of benzene rings is 1. The lowest BCUT2D eigenvalue weighted by atomic mass is 10.1. The molecule has 3 aromatic rings. The smallest absolute Gasteiger partial charge is 0.234 e. The summed E-state index contributed by atoms with van der Waals surface area (Å²) in [4.78, 5) is 20.8. The molecule has 0 saturated carbocycles. The van der Waals surface area contributed by atoms with Crippen LogP contribution in [0.4, 0.5) is 5.69 Å². The van der Waals surface area contributed by atoms with E-state index in [1.54, 1.807) is 6.20 Å². The topological polar surface area (TPSA) is 59.3 Å². The van der Waals surface area contributed by atoms with E-state index in [2.05, 4.69) is 15.3 Å². The first kappa shape index (κ1) is 15.2. The van der Waals surface area contributed by atoms with Crippen molar-refractivity contribution < 1.29 is 4.79 Å². The summed E-state index contributed by atoms with van der Waals surface area (Å²) in [5.41, 5.74) is 3.66. The zero-order chi connectivity index (χ0) is 16.4. The molecule has 1 aromatic carbocycles. The number of imidazole rings is 1. The quantitative estimate of drug-likeness (QED) is 0.799. The second-order valence-corrected chi connectivity index (χ2v) is 6.06. The van der Waals surface area contributed by atoms with Crippen molar-refractivity contribution in [2.75, 3.05) is 5.32 Å². The molecule has 1 amide bonds. The summed E-state index contributed by atoms with van der Waals surface area (Å²) in [5, 5.41) is 2.95. The highest BCUT2D eigenvalue weighted by Gasteiger charge is 2.12. The molecular weight excluding hydrogens is 288 g/mol. The van der Waals surface area contributed by atoms with Gasteiger partial charge in [-0.25, -0.2) is 9.97 Å². The third kappa shape index (κ3) is 3.23. The fourth-order valence-electron chi connectivity index (χ4n) is 2.60. The van der Waals surface area contributed by atoms with Crippen molar-refractivity contribution in [2.24, 2.45) is 5.92 Å². The van der Waals surface area contributed by atoms with Gasteiger partial charge in [-0.1, -0.05) is 26.0 Å². The van der Waals surface area contributed by atoms with E-state index in [1.165, 1.54) is 0 Å². The maximum Gasteiger partial charge on any atom is 0.234 e. The fraction of sp³-hybridized carbons (Fsp3) is 0.278. The van der Waals surface area contributed by atoms with Crippen molar-refractivity contribution in [1.82, 2.24) is 14.4 Å². The zero-order valence-corrected chi connectivity index (χ0v) is 13.6. The van der Waals surface area contributed by atoms with Gasteiger partial charge in [0.25, 0.3) is 0 Å². The summed E-state index contributed by atoms with van der Waals surface area (Å²) in [6.07, 6.45) is 4.19. The predicted octanol–water partition coefficient (Wildman–Crippen LogP) is 3.69. The van der Waals surface area contributed by atoms with Crippen LogP contribution in [-0.4, -0.2) is 20.3 Å². The van der Waals surface area contributed by atoms with Gasteiger partial charge in [0.05, 0.1) is 5.69 Å². The minimum Gasteiger partial charge on any atom is -0.326 e. The summed E-state index contributed by atoms with van der Waals surface area (Å²) in [7, 11) is 0. The van der Waals surface area contributed by atoms with E-state index in [1.807, 2.05) is 61.7 Å². The number of carbonyl (C=O) groups excluding carboxylic acids is 1. The molecule has 0 saturated heterocycles. The molecule has 2 aromatic heterocycles. The molecule has 5 nitrogen and oxygen atoms in total. The van der Waals surface area contributed by atoms with Crippen LogP contribution in [0.15, 0.2) is 42.7 Å². The van der Waals surface area contributed by atoms with Gasteiger partial charge in [-0.3, -0.25) is 9.20 Å². The monoisotopic (exact) mass is 308 g/mol. The third-order valence-corrected chi connectivity index (χ3v) is 3.66. The number of aryl methyl sites for hydroxylation is 1. The lowest BCUT2D eigenvalue weighted by Crippen LogP contribution is -2.13. The van der Waals surface area contributed by atoms with Gasteiger partial charge in [0.15, 0.2) is 0 Å². The van der Waals surface area contributed by atoms with Gasteiger partial charge in [-0.05, 0) is 31.0 Å². The van der Waals surface area contributed by atoms with Crippen molar-refractivity contribution >= 4 is 17.4 Å². The average molecular weight is 308 g/mol. The molecule has 0 spiro atoms. The molecule has 3 rings (SSSR count). The second kappa shape index (κ2) is 6.20. The van der Waals surface area contributed by atoms with Crippen LogP contribution in [0.25, 0.3) is 17.0 Å². The molecule has 0 unspecified atom stereocenters. The molecule has 0 aliphatic rings. The highest BCUT2D eigenvalue weighted by molar-refractivity contribution is 5.91. The van der Waals surface area contributed by atoms with E-state index in [9.17, 15) is 4.79 Å². The Kier molecular flexibility index (Phi) is 4.10. The van der Waals surface area contributed by atoms with E-state index >= 15 is 0 Å². The first-order valence-corrected chi connectivity index (χ1v) is 7.74. The van der Waals surface area contributed by atoms with Crippen molar-refractivity contribution in [2.45, 2.75) is 27.2 Å². The molecule has 5 heteroatoms. The lowest BCUT2D eigenvalue weighted by molar-refractivity contribution is -0.116.